The fourth-order valence-corrected chi connectivity index (χ4v) is 1.90. The predicted octanol–water partition coefficient (Wildman–Crippen LogP) is 1.94. The number of rotatable bonds is 6. The number of nitrogens with one attached hydrogen (secondary N) is 1. The van der Waals surface area contributed by atoms with Crippen molar-refractivity contribution in [2.75, 3.05) is 6.54 Å². The van der Waals surface area contributed by atoms with Gasteiger partial charge in [-0.15, -0.1) is 0 Å². The Bertz CT molecular complexity index is 384. The minimum Gasteiger partial charge on any atom is -0.481 e. The number of aliphatic hydroxyl groups is 1. The van der Waals surface area contributed by atoms with Crippen LogP contribution in [0.25, 0.3) is 0 Å². The third-order valence-electron chi connectivity index (χ3n) is 2.42. The third kappa shape index (κ3) is 5.30. The number of halogens is 1. The lowest BCUT2D eigenvalue weighted by molar-refractivity contribution is -0.139. The van der Waals surface area contributed by atoms with Gasteiger partial charge in [-0.05, 0) is 24.6 Å². The SMILES string of the molecule is C[C@H](NCC(O)CC(=O)O)c1cccc(Br)c1. The molecule has 1 unspecified atom stereocenters. The number of hydrogen-bond acceptors (Lipinski definition) is 3. The maximum atomic E-state index is 10.4. The molecule has 94 valence electrons. The van der Waals surface area contributed by atoms with E-state index in [2.05, 4.69) is 21.2 Å². The summed E-state index contributed by atoms with van der Waals surface area (Å²) < 4.78 is 0.995. The van der Waals surface area contributed by atoms with Gasteiger partial charge in [0.2, 0.25) is 0 Å². The van der Waals surface area contributed by atoms with E-state index in [1.165, 1.54) is 0 Å². The fourth-order valence-electron chi connectivity index (χ4n) is 1.48. The highest BCUT2D eigenvalue weighted by Gasteiger charge is 2.11. The number of carboxylic acid groups (broad SMARTS) is 1. The van der Waals surface area contributed by atoms with Crippen molar-refractivity contribution in [2.24, 2.45) is 0 Å². The van der Waals surface area contributed by atoms with E-state index in [1.54, 1.807) is 0 Å². The second-order valence-electron chi connectivity index (χ2n) is 3.94. The quantitative estimate of drug-likeness (QED) is 0.751. The van der Waals surface area contributed by atoms with E-state index in [0.717, 1.165) is 10.0 Å². The largest absolute Gasteiger partial charge is 0.481 e. The first-order valence-corrected chi connectivity index (χ1v) is 6.17. The summed E-state index contributed by atoms with van der Waals surface area (Å²) in [5.41, 5.74) is 1.09. The number of carboxylic acids is 1. The van der Waals surface area contributed by atoms with Crippen molar-refractivity contribution in [1.29, 1.82) is 0 Å². The van der Waals surface area contributed by atoms with Crippen LogP contribution >= 0.6 is 15.9 Å². The average molecular weight is 302 g/mol. The molecule has 0 aliphatic carbocycles. The number of aliphatic hydroxyl groups excluding tert-OH is 1. The van der Waals surface area contributed by atoms with Crippen LogP contribution in [0.3, 0.4) is 0 Å². The second-order valence-corrected chi connectivity index (χ2v) is 4.85. The first kappa shape index (κ1) is 14.2. The summed E-state index contributed by atoms with van der Waals surface area (Å²) in [6, 6.07) is 7.91. The summed E-state index contributed by atoms with van der Waals surface area (Å²) in [6.45, 7) is 2.23. The molecule has 0 aliphatic rings. The summed E-state index contributed by atoms with van der Waals surface area (Å²) in [4.78, 5) is 10.4. The van der Waals surface area contributed by atoms with Crippen LogP contribution in [0.15, 0.2) is 28.7 Å². The second kappa shape index (κ2) is 6.74. The zero-order chi connectivity index (χ0) is 12.8. The molecule has 0 bridgehead atoms. The van der Waals surface area contributed by atoms with Crippen molar-refractivity contribution < 1.29 is 15.0 Å². The summed E-state index contributed by atoms with van der Waals surface area (Å²) in [7, 11) is 0. The third-order valence-corrected chi connectivity index (χ3v) is 2.91. The van der Waals surface area contributed by atoms with E-state index >= 15 is 0 Å². The molecular weight excluding hydrogens is 286 g/mol. The summed E-state index contributed by atoms with van der Waals surface area (Å²) in [5.74, 6) is -0.991. The first-order valence-electron chi connectivity index (χ1n) is 5.37. The lowest BCUT2D eigenvalue weighted by Crippen LogP contribution is -2.30. The Morgan fingerprint density at radius 1 is 1.53 bits per heavy atom. The van der Waals surface area contributed by atoms with Crippen LogP contribution in [0.1, 0.15) is 24.9 Å². The van der Waals surface area contributed by atoms with Crippen LogP contribution in [0.4, 0.5) is 0 Å². The van der Waals surface area contributed by atoms with Crippen molar-refractivity contribution in [3.8, 4) is 0 Å². The molecule has 0 radical (unpaired) electrons. The molecule has 5 heteroatoms. The van der Waals surface area contributed by atoms with Crippen molar-refractivity contribution in [3.63, 3.8) is 0 Å². The summed E-state index contributed by atoms with van der Waals surface area (Å²) >= 11 is 3.39. The standard InChI is InChI=1S/C12H16BrNO3/c1-8(9-3-2-4-10(13)5-9)14-7-11(15)6-12(16)17/h2-5,8,11,14-15H,6-7H2,1H3,(H,16,17)/t8-,11?/m0/s1. The van der Waals surface area contributed by atoms with Crippen LogP contribution in [0.5, 0.6) is 0 Å². The number of benzene rings is 1. The molecule has 0 aliphatic heterocycles. The molecule has 0 aromatic heterocycles. The van der Waals surface area contributed by atoms with E-state index < -0.39 is 12.1 Å². The highest BCUT2D eigenvalue weighted by atomic mass is 79.9. The van der Waals surface area contributed by atoms with Crippen LogP contribution in [0, 0.1) is 0 Å². The van der Waals surface area contributed by atoms with Gasteiger partial charge in [-0.25, -0.2) is 0 Å². The van der Waals surface area contributed by atoms with Gasteiger partial charge in [-0.1, -0.05) is 28.1 Å². The van der Waals surface area contributed by atoms with E-state index in [9.17, 15) is 9.90 Å². The molecule has 0 saturated heterocycles. The molecule has 0 heterocycles. The Balaban J connectivity index is 2.44. The van der Waals surface area contributed by atoms with Crippen LogP contribution in [0.2, 0.25) is 0 Å². The molecule has 0 spiro atoms. The highest BCUT2D eigenvalue weighted by molar-refractivity contribution is 9.10. The van der Waals surface area contributed by atoms with Gasteiger partial charge in [0.25, 0.3) is 0 Å². The molecule has 1 rings (SSSR count). The minimum atomic E-state index is -0.991. The maximum Gasteiger partial charge on any atom is 0.306 e. The molecule has 1 aromatic carbocycles. The van der Waals surface area contributed by atoms with Gasteiger partial charge >= 0.3 is 5.97 Å². The van der Waals surface area contributed by atoms with Gasteiger partial charge in [0.15, 0.2) is 0 Å². The Morgan fingerprint density at radius 3 is 2.82 bits per heavy atom. The van der Waals surface area contributed by atoms with Crippen molar-refractivity contribution >= 4 is 21.9 Å². The summed E-state index contributed by atoms with van der Waals surface area (Å²) in [5, 5.41) is 21.0. The Hall–Kier alpha value is -0.910. The minimum absolute atomic E-state index is 0.0657. The molecule has 0 fully saturated rings. The number of hydrogen-bond donors (Lipinski definition) is 3. The van der Waals surface area contributed by atoms with E-state index in [0.29, 0.717) is 0 Å². The van der Waals surface area contributed by atoms with E-state index in [1.807, 2.05) is 31.2 Å². The van der Waals surface area contributed by atoms with Gasteiger partial charge in [0.05, 0.1) is 12.5 Å². The van der Waals surface area contributed by atoms with Crippen molar-refractivity contribution in [3.05, 3.63) is 34.3 Å². The fraction of sp³-hybridized carbons (Fsp3) is 0.417. The van der Waals surface area contributed by atoms with E-state index in [-0.39, 0.29) is 19.0 Å². The molecule has 0 saturated carbocycles. The van der Waals surface area contributed by atoms with Gasteiger partial charge in [-0.2, -0.15) is 0 Å². The monoisotopic (exact) mass is 301 g/mol. The van der Waals surface area contributed by atoms with Crippen LogP contribution in [-0.2, 0) is 4.79 Å². The first-order chi connectivity index (χ1) is 7.99. The normalized spacial score (nSPS) is 14.3. The molecule has 0 amide bonds. The smallest absolute Gasteiger partial charge is 0.306 e. The molecule has 2 atom stereocenters. The lowest BCUT2D eigenvalue weighted by Gasteiger charge is -2.16. The van der Waals surface area contributed by atoms with Crippen LogP contribution in [-0.4, -0.2) is 28.8 Å². The molecule has 1 aromatic rings. The lowest BCUT2D eigenvalue weighted by atomic mass is 10.1. The zero-order valence-corrected chi connectivity index (χ0v) is 11.1. The van der Waals surface area contributed by atoms with Crippen molar-refractivity contribution in [1.82, 2.24) is 5.32 Å². The van der Waals surface area contributed by atoms with E-state index in [4.69, 9.17) is 5.11 Å². The van der Waals surface area contributed by atoms with Gasteiger partial charge in [0, 0.05) is 17.1 Å². The molecular formula is C12H16BrNO3. The highest BCUT2D eigenvalue weighted by Crippen LogP contribution is 2.17. The zero-order valence-electron chi connectivity index (χ0n) is 9.56. The topological polar surface area (TPSA) is 69.6 Å². The Labute approximate surface area is 109 Å². The molecule has 4 nitrogen and oxygen atoms in total. The maximum absolute atomic E-state index is 10.4. The number of aliphatic carboxylic acids is 1. The van der Waals surface area contributed by atoms with Crippen molar-refractivity contribution in [2.45, 2.75) is 25.5 Å². The van der Waals surface area contributed by atoms with Gasteiger partial charge in [0.1, 0.15) is 0 Å². The molecule has 3 N–H and O–H groups in total. The average Bonchev–Trinajstić information content (AvgIpc) is 2.25. The molecule has 17 heavy (non-hydrogen) atoms. The van der Waals surface area contributed by atoms with Gasteiger partial charge < -0.3 is 15.5 Å². The van der Waals surface area contributed by atoms with Crippen LogP contribution < -0.4 is 5.32 Å². The Kier molecular flexibility index (Phi) is 5.61. The number of carbonyl (C=O) groups is 1. The summed E-state index contributed by atoms with van der Waals surface area (Å²) in [6.07, 6.45) is -1.10. The Morgan fingerprint density at radius 2 is 2.24 bits per heavy atom. The van der Waals surface area contributed by atoms with Gasteiger partial charge in [-0.3, -0.25) is 4.79 Å². The predicted molar refractivity (Wildman–Crippen MR) is 68.8 cm³/mol.